The number of benzene rings is 2. The maximum absolute atomic E-state index is 12.7. The third-order valence-corrected chi connectivity index (χ3v) is 5.56. The van der Waals surface area contributed by atoms with Crippen LogP contribution in [0.25, 0.3) is 0 Å². The highest BCUT2D eigenvalue weighted by molar-refractivity contribution is 6.35. The van der Waals surface area contributed by atoms with Crippen molar-refractivity contribution in [2.75, 3.05) is 18.4 Å². The Morgan fingerprint density at radius 2 is 1.88 bits per heavy atom. The van der Waals surface area contributed by atoms with Crippen molar-refractivity contribution in [3.05, 3.63) is 62.6 Å². The van der Waals surface area contributed by atoms with Gasteiger partial charge in [0.05, 0.1) is 5.92 Å². The minimum Gasteiger partial charge on any atom is -0.326 e. The molecule has 0 spiro atoms. The van der Waals surface area contributed by atoms with E-state index >= 15 is 0 Å². The first-order chi connectivity index (χ1) is 12.4. The fourth-order valence-electron chi connectivity index (χ4n) is 3.27. The molecule has 2 aromatic rings. The maximum Gasteiger partial charge on any atom is 0.228 e. The minimum absolute atomic E-state index is 0.0438. The molecule has 0 aliphatic carbocycles. The summed E-state index contributed by atoms with van der Waals surface area (Å²) in [5.41, 5.74) is 2.81. The molecule has 1 heterocycles. The Morgan fingerprint density at radius 1 is 1.15 bits per heavy atom. The summed E-state index contributed by atoms with van der Waals surface area (Å²) in [7, 11) is 0. The Bertz CT molecular complexity index is 810. The average Bonchev–Trinajstić information content (AvgIpc) is 2.61. The predicted octanol–water partition coefficient (Wildman–Crippen LogP) is 5.81. The number of rotatable bonds is 4. The summed E-state index contributed by atoms with van der Waals surface area (Å²) in [5.74, 6) is -0.00419. The van der Waals surface area contributed by atoms with Gasteiger partial charge in [0.1, 0.15) is 0 Å². The summed E-state index contributed by atoms with van der Waals surface area (Å²) in [5, 5.41) is 4.95. The Morgan fingerprint density at radius 3 is 2.65 bits per heavy atom. The Labute approximate surface area is 169 Å². The number of carbonyl (C=O) groups excluding carboxylic acids is 1. The topological polar surface area (TPSA) is 32.3 Å². The molecule has 3 nitrogen and oxygen atoms in total. The standard InChI is InChI=1S/C20H21Cl3N2O/c1-13-4-6-17(22)10-19(13)24-20(26)15-3-2-8-25(12-15)11-14-5-7-16(21)9-18(14)23/h4-7,9-10,15H,2-3,8,11-12H2,1H3,(H,24,26). The van der Waals surface area contributed by atoms with E-state index in [1.807, 2.05) is 31.2 Å². The molecule has 1 aliphatic heterocycles. The second kappa shape index (κ2) is 8.62. The SMILES string of the molecule is Cc1ccc(Cl)cc1NC(=O)C1CCCN(Cc2ccc(Cl)cc2Cl)C1. The van der Waals surface area contributed by atoms with Crippen LogP contribution in [0.15, 0.2) is 36.4 Å². The molecular formula is C20H21Cl3N2O. The number of aryl methyl sites for hydroxylation is 1. The minimum atomic E-state index is -0.0480. The average molecular weight is 412 g/mol. The monoisotopic (exact) mass is 410 g/mol. The van der Waals surface area contributed by atoms with Crippen molar-refractivity contribution in [3.63, 3.8) is 0 Å². The van der Waals surface area contributed by atoms with Gasteiger partial charge in [-0.3, -0.25) is 9.69 Å². The van der Waals surface area contributed by atoms with Gasteiger partial charge in [-0.2, -0.15) is 0 Å². The number of hydrogen-bond acceptors (Lipinski definition) is 2. The van der Waals surface area contributed by atoms with Crippen LogP contribution in [0.3, 0.4) is 0 Å². The fourth-order valence-corrected chi connectivity index (χ4v) is 3.91. The molecular weight excluding hydrogens is 391 g/mol. The number of amides is 1. The summed E-state index contributed by atoms with van der Waals surface area (Å²) in [6, 6.07) is 11.1. The Balaban J connectivity index is 1.64. The van der Waals surface area contributed by atoms with Crippen LogP contribution in [0, 0.1) is 12.8 Å². The molecule has 0 aromatic heterocycles. The molecule has 26 heavy (non-hydrogen) atoms. The smallest absolute Gasteiger partial charge is 0.228 e. The molecule has 6 heteroatoms. The maximum atomic E-state index is 12.7. The molecule has 1 aliphatic rings. The van der Waals surface area contributed by atoms with Gasteiger partial charge in [-0.05, 0) is 61.7 Å². The molecule has 2 aromatic carbocycles. The van der Waals surface area contributed by atoms with Gasteiger partial charge >= 0.3 is 0 Å². The first kappa shape index (κ1) is 19.5. The van der Waals surface area contributed by atoms with Crippen molar-refractivity contribution in [2.24, 2.45) is 5.92 Å². The predicted molar refractivity (Wildman–Crippen MR) is 109 cm³/mol. The van der Waals surface area contributed by atoms with Gasteiger partial charge < -0.3 is 5.32 Å². The summed E-state index contributed by atoms with van der Waals surface area (Å²) < 4.78 is 0. The lowest BCUT2D eigenvalue weighted by atomic mass is 9.96. The van der Waals surface area contributed by atoms with Gasteiger partial charge in [0.25, 0.3) is 0 Å². The van der Waals surface area contributed by atoms with Gasteiger partial charge in [-0.1, -0.05) is 46.9 Å². The largest absolute Gasteiger partial charge is 0.326 e. The Hall–Kier alpha value is -1.26. The highest BCUT2D eigenvalue weighted by Crippen LogP contribution is 2.26. The number of hydrogen-bond donors (Lipinski definition) is 1. The van der Waals surface area contributed by atoms with Crippen LogP contribution in [0.5, 0.6) is 0 Å². The summed E-state index contributed by atoms with van der Waals surface area (Å²) in [6.45, 7) is 4.35. The second-order valence-electron chi connectivity index (χ2n) is 6.76. The number of likely N-dealkylation sites (tertiary alicyclic amines) is 1. The summed E-state index contributed by atoms with van der Waals surface area (Å²) >= 11 is 18.3. The molecule has 0 radical (unpaired) electrons. The van der Waals surface area contributed by atoms with E-state index in [-0.39, 0.29) is 11.8 Å². The van der Waals surface area contributed by atoms with Crippen LogP contribution in [-0.2, 0) is 11.3 Å². The number of piperidine rings is 1. The molecule has 0 saturated carbocycles. The van der Waals surface area contributed by atoms with Crippen LogP contribution in [0.2, 0.25) is 15.1 Å². The summed E-state index contributed by atoms with van der Waals surface area (Å²) in [6.07, 6.45) is 1.87. The van der Waals surface area contributed by atoms with Crippen LogP contribution in [0.4, 0.5) is 5.69 Å². The molecule has 1 N–H and O–H groups in total. The lowest BCUT2D eigenvalue weighted by Crippen LogP contribution is -2.40. The highest BCUT2D eigenvalue weighted by Gasteiger charge is 2.26. The van der Waals surface area contributed by atoms with Gasteiger partial charge in [-0.15, -0.1) is 0 Å². The van der Waals surface area contributed by atoms with E-state index in [1.165, 1.54) is 0 Å². The number of halogens is 3. The van der Waals surface area contributed by atoms with Gasteiger partial charge in [-0.25, -0.2) is 0 Å². The van der Waals surface area contributed by atoms with Crippen molar-refractivity contribution in [2.45, 2.75) is 26.3 Å². The van der Waals surface area contributed by atoms with Gasteiger partial charge in [0.15, 0.2) is 0 Å². The van der Waals surface area contributed by atoms with E-state index in [1.54, 1.807) is 12.1 Å². The van der Waals surface area contributed by atoms with Crippen molar-refractivity contribution < 1.29 is 4.79 Å². The normalized spacial score (nSPS) is 17.9. The van der Waals surface area contributed by atoms with E-state index < -0.39 is 0 Å². The first-order valence-corrected chi connectivity index (χ1v) is 9.79. The van der Waals surface area contributed by atoms with Gasteiger partial charge in [0, 0.05) is 33.8 Å². The van der Waals surface area contributed by atoms with E-state index in [0.717, 1.165) is 42.7 Å². The zero-order valence-electron chi connectivity index (χ0n) is 14.6. The number of nitrogens with one attached hydrogen (secondary N) is 1. The number of nitrogens with zero attached hydrogens (tertiary/aromatic N) is 1. The lowest BCUT2D eigenvalue weighted by molar-refractivity contribution is -0.121. The molecule has 0 bridgehead atoms. The van der Waals surface area contributed by atoms with Crippen LogP contribution < -0.4 is 5.32 Å². The van der Waals surface area contributed by atoms with Gasteiger partial charge in [0.2, 0.25) is 5.91 Å². The Kier molecular flexibility index (Phi) is 6.46. The highest BCUT2D eigenvalue weighted by atomic mass is 35.5. The molecule has 1 atom stereocenters. The quantitative estimate of drug-likeness (QED) is 0.689. The molecule has 1 unspecified atom stereocenters. The zero-order chi connectivity index (χ0) is 18.7. The number of carbonyl (C=O) groups is 1. The van der Waals surface area contributed by atoms with E-state index in [0.29, 0.717) is 21.6 Å². The van der Waals surface area contributed by atoms with Crippen molar-refractivity contribution >= 4 is 46.4 Å². The molecule has 1 saturated heterocycles. The molecule has 138 valence electrons. The number of anilines is 1. The van der Waals surface area contributed by atoms with Crippen LogP contribution in [-0.4, -0.2) is 23.9 Å². The van der Waals surface area contributed by atoms with Crippen LogP contribution in [0.1, 0.15) is 24.0 Å². The van der Waals surface area contributed by atoms with Crippen molar-refractivity contribution in [1.82, 2.24) is 4.90 Å². The zero-order valence-corrected chi connectivity index (χ0v) is 16.8. The summed E-state index contributed by atoms with van der Waals surface area (Å²) in [4.78, 5) is 15.0. The van der Waals surface area contributed by atoms with Crippen molar-refractivity contribution in [1.29, 1.82) is 0 Å². The third-order valence-electron chi connectivity index (χ3n) is 4.74. The van der Waals surface area contributed by atoms with Crippen LogP contribution >= 0.6 is 34.8 Å². The molecule has 1 fully saturated rings. The van der Waals surface area contributed by atoms with E-state index in [2.05, 4.69) is 10.2 Å². The fraction of sp³-hybridized carbons (Fsp3) is 0.350. The molecule has 3 rings (SSSR count). The lowest BCUT2D eigenvalue weighted by Gasteiger charge is -2.32. The molecule has 1 amide bonds. The second-order valence-corrected chi connectivity index (χ2v) is 8.04. The van der Waals surface area contributed by atoms with E-state index in [9.17, 15) is 4.79 Å². The first-order valence-electron chi connectivity index (χ1n) is 8.65. The third kappa shape index (κ3) is 4.92. The van der Waals surface area contributed by atoms with Crippen molar-refractivity contribution in [3.8, 4) is 0 Å². The van der Waals surface area contributed by atoms with E-state index in [4.69, 9.17) is 34.8 Å².